The molecule has 0 spiro atoms. The van der Waals surface area contributed by atoms with Crippen molar-refractivity contribution in [1.82, 2.24) is 20.1 Å². The third kappa shape index (κ3) is 6.50. The molecule has 1 heterocycles. The molecule has 11 heteroatoms. The number of nitrogens with one attached hydrogen (secondary N) is 2. The number of anilines is 1. The van der Waals surface area contributed by atoms with Gasteiger partial charge in [-0.1, -0.05) is 50.9 Å². The van der Waals surface area contributed by atoms with Crippen LogP contribution in [-0.4, -0.2) is 32.3 Å². The van der Waals surface area contributed by atoms with E-state index in [4.69, 9.17) is 23.2 Å². The average molecular weight is 571 g/mol. The molecule has 33 heavy (non-hydrogen) atoms. The van der Waals surface area contributed by atoms with Crippen LogP contribution in [0.25, 0.3) is 0 Å². The Morgan fingerprint density at radius 2 is 1.82 bits per heavy atom. The molecule has 2 aromatic carbocycles. The molecule has 0 unspecified atom stereocenters. The Morgan fingerprint density at radius 3 is 2.45 bits per heavy atom. The number of carbonyl (C=O) groups is 2. The third-order valence-corrected chi connectivity index (χ3v) is 6.76. The van der Waals surface area contributed by atoms with Crippen LogP contribution in [0.2, 0.25) is 10.0 Å². The second-order valence-electron chi connectivity index (χ2n) is 7.20. The molecule has 3 rings (SSSR count). The highest BCUT2D eigenvalue weighted by Gasteiger charge is 2.16. The van der Waals surface area contributed by atoms with Crippen molar-refractivity contribution in [2.24, 2.45) is 0 Å². The van der Waals surface area contributed by atoms with Gasteiger partial charge < -0.3 is 15.2 Å². The number of hydrogen-bond acceptors (Lipinski definition) is 5. The Hall–Kier alpha value is -2.07. The van der Waals surface area contributed by atoms with Crippen molar-refractivity contribution in [3.05, 3.63) is 67.4 Å². The van der Waals surface area contributed by atoms with E-state index < -0.39 is 0 Å². The predicted octanol–water partition coefficient (Wildman–Crippen LogP) is 5.64. The van der Waals surface area contributed by atoms with Crippen LogP contribution in [0.5, 0.6) is 0 Å². The molecule has 0 saturated heterocycles. The van der Waals surface area contributed by atoms with Crippen molar-refractivity contribution in [3.8, 4) is 0 Å². The number of halogens is 3. The van der Waals surface area contributed by atoms with Crippen molar-refractivity contribution in [2.45, 2.75) is 39.0 Å². The van der Waals surface area contributed by atoms with E-state index in [0.717, 1.165) is 21.3 Å². The lowest BCUT2D eigenvalue weighted by atomic mass is 10.1. The van der Waals surface area contributed by atoms with Crippen LogP contribution in [0.3, 0.4) is 0 Å². The zero-order valence-electron chi connectivity index (χ0n) is 18.2. The highest BCUT2D eigenvalue weighted by molar-refractivity contribution is 9.10. The van der Waals surface area contributed by atoms with E-state index in [2.05, 4.69) is 36.8 Å². The van der Waals surface area contributed by atoms with E-state index in [1.165, 1.54) is 17.8 Å². The number of aromatic nitrogens is 3. The van der Waals surface area contributed by atoms with Gasteiger partial charge in [-0.15, -0.1) is 10.2 Å². The molecule has 0 fully saturated rings. The Morgan fingerprint density at radius 1 is 1.12 bits per heavy atom. The SMILES string of the molecule is CCn1c(CNC(=O)c2ccc(Cl)cc2Cl)nnc1SCC(=O)Nc1c(C)cc(Br)cc1C. The molecule has 2 amide bonds. The first-order valence-electron chi connectivity index (χ1n) is 10.0. The molecule has 3 aromatic rings. The van der Waals surface area contributed by atoms with Gasteiger partial charge in [0.25, 0.3) is 5.91 Å². The lowest BCUT2D eigenvalue weighted by Gasteiger charge is -2.12. The second kappa shape index (κ2) is 11.4. The van der Waals surface area contributed by atoms with E-state index in [1.54, 1.807) is 12.1 Å². The zero-order chi connectivity index (χ0) is 24.1. The zero-order valence-corrected chi connectivity index (χ0v) is 22.1. The number of rotatable bonds is 8. The van der Waals surface area contributed by atoms with Gasteiger partial charge in [-0.2, -0.15) is 0 Å². The molecule has 0 bridgehead atoms. The van der Waals surface area contributed by atoms with Crippen LogP contribution in [0.4, 0.5) is 5.69 Å². The number of carbonyl (C=O) groups excluding carboxylic acids is 2. The molecule has 2 N–H and O–H groups in total. The van der Waals surface area contributed by atoms with Crippen molar-refractivity contribution in [3.63, 3.8) is 0 Å². The monoisotopic (exact) mass is 569 g/mol. The van der Waals surface area contributed by atoms with Gasteiger partial charge in [0, 0.05) is 21.7 Å². The number of thioether (sulfide) groups is 1. The van der Waals surface area contributed by atoms with E-state index in [1.807, 2.05) is 37.5 Å². The Kier molecular flexibility index (Phi) is 8.81. The fraction of sp³-hybridized carbons (Fsp3) is 0.273. The van der Waals surface area contributed by atoms with Crippen LogP contribution < -0.4 is 10.6 Å². The van der Waals surface area contributed by atoms with Gasteiger partial charge >= 0.3 is 0 Å². The second-order valence-corrected chi connectivity index (χ2v) is 9.90. The molecule has 174 valence electrons. The summed E-state index contributed by atoms with van der Waals surface area (Å²) in [5, 5.41) is 15.5. The molecule has 1 aromatic heterocycles. The standard InChI is InChI=1S/C22H22BrCl2N5O2S/c1-4-30-18(10-26-21(32)16-6-5-15(24)9-17(16)25)28-29-22(30)33-11-19(31)27-20-12(2)7-14(23)8-13(20)3/h5-9H,4,10-11H2,1-3H3,(H,26,32)(H,27,31). The highest BCUT2D eigenvalue weighted by atomic mass is 79.9. The fourth-order valence-electron chi connectivity index (χ4n) is 3.22. The van der Waals surface area contributed by atoms with Gasteiger partial charge in [0.15, 0.2) is 11.0 Å². The quantitative estimate of drug-likeness (QED) is 0.342. The minimum absolute atomic E-state index is 0.133. The van der Waals surface area contributed by atoms with Gasteiger partial charge in [-0.25, -0.2) is 0 Å². The van der Waals surface area contributed by atoms with E-state index in [9.17, 15) is 9.59 Å². The average Bonchev–Trinajstić information content (AvgIpc) is 3.14. The first-order valence-corrected chi connectivity index (χ1v) is 12.6. The Balaban J connectivity index is 1.61. The van der Waals surface area contributed by atoms with E-state index >= 15 is 0 Å². The Labute approximate surface area is 214 Å². The summed E-state index contributed by atoms with van der Waals surface area (Å²) in [7, 11) is 0. The van der Waals surface area contributed by atoms with Crippen LogP contribution in [-0.2, 0) is 17.9 Å². The fourth-order valence-corrected chi connectivity index (χ4v) is 5.22. The van der Waals surface area contributed by atoms with Gasteiger partial charge in [-0.05, 0) is 62.2 Å². The van der Waals surface area contributed by atoms with Gasteiger partial charge in [0.2, 0.25) is 5.91 Å². The maximum atomic E-state index is 12.5. The van der Waals surface area contributed by atoms with Crippen LogP contribution in [0, 0.1) is 13.8 Å². The summed E-state index contributed by atoms with van der Waals surface area (Å²) in [5.74, 6) is 0.292. The molecule has 0 saturated carbocycles. The molecule has 0 aliphatic heterocycles. The number of aryl methyl sites for hydroxylation is 2. The van der Waals surface area contributed by atoms with Crippen LogP contribution in [0.15, 0.2) is 40.0 Å². The minimum atomic E-state index is -0.337. The largest absolute Gasteiger partial charge is 0.345 e. The normalized spacial score (nSPS) is 10.8. The highest BCUT2D eigenvalue weighted by Crippen LogP contribution is 2.26. The molecular weight excluding hydrogens is 549 g/mol. The maximum absolute atomic E-state index is 12.5. The summed E-state index contributed by atoms with van der Waals surface area (Å²) in [5.41, 5.74) is 3.10. The number of benzene rings is 2. The van der Waals surface area contributed by atoms with Gasteiger partial charge in [0.05, 0.1) is 22.9 Å². The summed E-state index contributed by atoms with van der Waals surface area (Å²) in [6.07, 6.45) is 0. The number of hydrogen-bond donors (Lipinski definition) is 2. The van der Waals surface area contributed by atoms with Crippen molar-refractivity contribution in [2.75, 3.05) is 11.1 Å². The lowest BCUT2D eigenvalue weighted by Crippen LogP contribution is -2.25. The maximum Gasteiger partial charge on any atom is 0.253 e. The van der Waals surface area contributed by atoms with Crippen molar-refractivity contribution < 1.29 is 9.59 Å². The van der Waals surface area contributed by atoms with E-state index in [-0.39, 0.29) is 29.1 Å². The van der Waals surface area contributed by atoms with E-state index in [0.29, 0.717) is 28.1 Å². The van der Waals surface area contributed by atoms with Crippen LogP contribution >= 0.6 is 50.9 Å². The Bertz CT molecular complexity index is 1180. The molecule has 7 nitrogen and oxygen atoms in total. The summed E-state index contributed by atoms with van der Waals surface area (Å²) >= 11 is 16.7. The number of nitrogens with zero attached hydrogens (tertiary/aromatic N) is 3. The van der Waals surface area contributed by atoms with Gasteiger partial charge in [-0.3, -0.25) is 9.59 Å². The predicted molar refractivity (Wildman–Crippen MR) is 136 cm³/mol. The summed E-state index contributed by atoms with van der Waals surface area (Å²) < 4.78 is 2.83. The summed E-state index contributed by atoms with van der Waals surface area (Å²) in [4.78, 5) is 25.0. The van der Waals surface area contributed by atoms with Crippen molar-refractivity contribution >= 4 is 68.4 Å². The summed E-state index contributed by atoms with van der Waals surface area (Å²) in [6, 6.07) is 8.61. The molecule has 0 aliphatic carbocycles. The molecular formula is C22H22BrCl2N5O2S. The molecule has 0 aliphatic rings. The first kappa shape index (κ1) is 25.6. The summed E-state index contributed by atoms with van der Waals surface area (Å²) in [6.45, 7) is 6.61. The van der Waals surface area contributed by atoms with Crippen molar-refractivity contribution in [1.29, 1.82) is 0 Å². The molecule has 0 atom stereocenters. The molecule has 0 radical (unpaired) electrons. The third-order valence-electron chi connectivity index (χ3n) is 4.79. The van der Waals surface area contributed by atoms with Gasteiger partial charge in [0.1, 0.15) is 0 Å². The van der Waals surface area contributed by atoms with Crippen LogP contribution in [0.1, 0.15) is 34.2 Å². The minimum Gasteiger partial charge on any atom is -0.345 e. The topological polar surface area (TPSA) is 88.9 Å². The number of amides is 2. The smallest absolute Gasteiger partial charge is 0.253 e. The first-order chi connectivity index (χ1) is 15.7. The lowest BCUT2D eigenvalue weighted by molar-refractivity contribution is -0.113.